The van der Waals surface area contributed by atoms with Gasteiger partial charge in [0.1, 0.15) is 18.9 Å². The molecule has 0 aliphatic carbocycles. The molecule has 0 saturated carbocycles. The Balaban J connectivity index is 1.41. The normalized spacial score (nSPS) is 21.8. The van der Waals surface area contributed by atoms with Crippen LogP contribution in [0.4, 0.5) is 5.95 Å². The molecule has 3 atom stereocenters. The number of nitrogens with zero attached hydrogens (tertiary/aromatic N) is 3. The van der Waals surface area contributed by atoms with E-state index in [1.54, 1.807) is 0 Å². The molecule has 0 unspecified atom stereocenters. The van der Waals surface area contributed by atoms with Gasteiger partial charge in [0, 0.05) is 6.42 Å². The summed E-state index contributed by atoms with van der Waals surface area (Å²) in [7, 11) is 0. The van der Waals surface area contributed by atoms with E-state index in [-0.39, 0.29) is 36.6 Å². The van der Waals surface area contributed by atoms with Gasteiger partial charge in [0.15, 0.2) is 11.2 Å². The lowest BCUT2D eigenvalue weighted by Gasteiger charge is -2.16. The maximum atomic E-state index is 12.0. The van der Waals surface area contributed by atoms with Crippen LogP contribution in [0.15, 0.2) is 41.5 Å². The number of nitrogen functional groups attached to an aromatic ring is 1. The summed E-state index contributed by atoms with van der Waals surface area (Å²) in [4.78, 5) is 34.4. The highest BCUT2D eigenvalue weighted by molar-refractivity contribution is 5.72. The fraction of sp³-hybridized carbons (Fsp3) is 0.333. The number of imidazole rings is 1. The molecular formula is C18H19N5O5. The number of H-pyrrole nitrogens is 1. The molecule has 3 aromatic rings. The van der Waals surface area contributed by atoms with Gasteiger partial charge in [-0.3, -0.25) is 19.1 Å². The number of fused-ring (bicyclic) bond motifs is 1. The minimum atomic E-state index is -0.841. The van der Waals surface area contributed by atoms with Crippen molar-refractivity contribution >= 4 is 23.1 Å². The summed E-state index contributed by atoms with van der Waals surface area (Å²) in [5.74, 6) is -0.441. The number of aromatic amines is 1. The Morgan fingerprint density at radius 2 is 2.18 bits per heavy atom. The minimum Gasteiger partial charge on any atom is -0.463 e. The summed E-state index contributed by atoms with van der Waals surface area (Å²) in [5.41, 5.74) is 6.38. The van der Waals surface area contributed by atoms with Crippen LogP contribution in [0.25, 0.3) is 11.2 Å². The average Bonchev–Trinajstić information content (AvgIpc) is 3.24. The molecule has 10 nitrogen and oxygen atoms in total. The van der Waals surface area contributed by atoms with Crippen LogP contribution in [-0.2, 0) is 20.7 Å². The van der Waals surface area contributed by atoms with Crippen molar-refractivity contribution in [3.8, 4) is 0 Å². The number of esters is 1. The Kier molecular flexibility index (Phi) is 4.80. The molecule has 28 heavy (non-hydrogen) atoms. The SMILES string of the molecule is Nc1nc2c(ncn2[C@H]2C[C@H](O)[C@@H](COC(=O)Cc3ccccc3)O2)c(=O)[nH]1. The summed E-state index contributed by atoms with van der Waals surface area (Å²) in [5, 5.41) is 10.3. The molecule has 0 bridgehead atoms. The Hall–Kier alpha value is -3.24. The van der Waals surface area contributed by atoms with Crippen LogP contribution < -0.4 is 11.3 Å². The van der Waals surface area contributed by atoms with E-state index in [1.165, 1.54) is 10.9 Å². The fourth-order valence-corrected chi connectivity index (χ4v) is 3.18. The van der Waals surface area contributed by atoms with Crippen molar-refractivity contribution in [2.45, 2.75) is 31.3 Å². The highest BCUT2D eigenvalue weighted by Gasteiger charge is 2.36. The van der Waals surface area contributed by atoms with Crippen LogP contribution in [0, 0.1) is 0 Å². The Bertz CT molecular complexity index is 1050. The number of benzene rings is 1. The van der Waals surface area contributed by atoms with Crippen LogP contribution in [-0.4, -0.2) is 49.4 Å². The number of anilines is 1. The number of aliphatic hydroxyl groups is 1. The van der Waals surface area contributed by atoms with Crippen molar-refractivity contribution in [1.29, 1.82) is 0 Å². The predicted molar refractivity (Wildman–Crippen MR) is 98.2 cm³/mol. The van der Waals surface area contributed by atoms with Gasteiger partial charge in [-0.1, -0.05) is 30.3 Å². The van der Waals surface area contributed by atoms with Gasteiger partial charge in [-0.15, -0.1) is 0 Å². The lowest BCUT2D eigenvalue weighted by Crippen LogP contribution is -2.28. The molecule has 1 aliphatic heterocycles. The van der Waals surface area contributed by atoms with Crippen molar-refractivity contribution in [2.24, 2.45) is 0 Å². The largest absolute Gasteiger partial charge is 0.463 e. The first-order valence-corrected chi connectivity index (χ1v) is 8.76. The number of rotatable bonds is 5. The highest BCUT2D eigenvalue weighted by Crippen LogP contribution is 2.30. The van der Waals surface area contributed by atoms with Crippen LogP contribution in [0.5, 0.6) is 0 Å². The van der Waals surface area contributed by atoms with E-state index in [0.29, 0.717) is 0 Å². The zero-order valence-corrected chi connectivity index (χ0v) is 14.8. The van der Waals surface area contributed by atoms with Gasteiger partial charge in [0.05, 0.1) is 18.9 Å². The topological polar surface area (TPSA) is 145 Å². The van der Waals surface area contributed by atoms with Crippen molar-refractivity contribution in [2.75, 3.05) is 12.3 Å². The van der Waals surface area contributed by atoms with E-state index < -0.39 is 30.0 Å². The summed E-state index contributed by atoms with van der Waals surface area (Å²) in [6, 6.07) is 9.23. The summed E-state index contributed by atoms with van der Waals surface area (Å²) in [6.07, 6.45) is -0.348. The maximum absolute atomic E-state index is 12.0. The number of ether oxygens (including phenoxy) is 2. The first kappa shape index (κ1) is 18.1. The standard InChI is InChI=1S/C18H19N5O5/c19-18-21-16-15(17(26)22-18)20-9-23(16)13-7-11(24)12(28-13)8-27-14(25)6-10-4-2-1-3-5-10/h1-5,9,11-13,24H,6-8H2,(H3,19,21,22,26)/t11-,12+,13+/m0/s1. The van der Waals surface area contributed by atoms with Crippen LogP contribution in [0.2, 0.25) is 0 Å². The zero-order chi connectivity index (χ0) is 19.7. The average molecular weight is 385 g/mol. The van der Waals surface area contributed by atoms with Crippen LogP contribution >= 0.6 is 0 Å². The number of hydrogen-bond donors (Lipinski definition) is 3. The number of carbonyl (C=O) groups excluding carboxylic acids is 1. The van der Waals surface area contributed by atoms with Gasteiger partial charge in [-0.05, 0) is 5.56 Å². The summed E-state index contributed by atoms with van der Waals surface area (Å²) < 4.78 is 12.6. The molecule has 10 heteroatoms. The van der Waals surface area contributed by atoms with E-state index in [0.717, 1.165) is 5.56 Å². The Morgan fingerprint density at radius 1 is 1.39 bits per heavy atom. The second kappa shape index (κ2) is 7.41. The quantitative estimate of drug-likeness (QED) is 0.526. The number of nitrogens with one attached hydrogen (secondary N) is 1. The molecule has 1 fully saturated rings. The lowest BCUT2D eigenvalue weighted by atomic mass is 10.1. The third-order valence-electron chi connectivity index (χ3n) is 4.56. The number of nitrogens with two attached hydrogens (primary N) is 1. The van der Waals surface area contributed by atoms with Gasteiger partial charge < -0.3 is 20.3 Å². The monoisotopic (exact) mass is 385 g/mol. The van der Waals surface area contributed by atoms with Gasteiger partial charge >= 0.3 is 5.97 Å². The first-order chi connectivity index (χ1) is 13.5. The number of carbonyl (C=O) groups is 1. The second-order valence-corrected chi connectivity index (χ2v) is 6.55. The third kappa shape index (κ3) is 3.59. The van der Waals surface area contributed by atoms with E-state index in [2.05, 4.69) is 15.0 Å². The minimum absolute atomic E-state index is 0.0378. The molecule has 2 aromatic heterocycles. The lowest BCUT2D eigenvalue weighted by molar-refractivity contribution is -0.149. The number of hydrogen-bond acceptors (Lipinski definition) is 8. The number of aliphatic hydroxyl groups excluding tert-OH is 1. The van der Waals surface area contributed by atoms with Crippen LogP contribution in [0.3, 0.4) is 0 Å². The Morgan fingerprint density at radius 3 is 2.96 bits per heavy atom. The molecule has 4 rings (SSSR count). The molecule has 1 aliphatic rings. The third-order valence-corrected chi connectivity index (χ3v) is 4.56. The predicted octanol–water partition coefficient (Wildman–Crippen LogP) is 0.136. The molecule has 4 N–H and O–H groups in total. The van der Waals surface area contributed by atoms with Crippen molar-refractivity contribution in [1.82, 2.24) is 19.5 Å². The van der Waals surface area contributed by atoms with Crippen molar-refractivity contribution in [3.63, 3.8) is 0 Å². The van der Waals surface area contributed by atoms with Gasteiger partial charge in [-0.25, -0.2) is 4.98 Å². The fourth-order valence-electron chi connectivity index (χ4n) is 3.18. The van der Waals surface area contributed by atoms with E-state index in [1.807, 2.05) is 30.3 Å². The molecule has 1 saturated heterocycles. The van der Waals surface area contributed by atoms with E-state index in [9.17, 15) is 14.7 Å². The van der Waals surface area contributed by atoms with Gasteiger partial charge in [-0.2, -0.15) is 4.98 Å². The van der Waals surface area contributed by atoms with Crippen molar-refractivity contribution in [3.05, 3.63) is 52.6 Å². The molecule has 3 heterocycles. The van der Waals surface area contributed by atoms with Crippen LogP contribution in [0.1, 0.15) is 18.2 Å². The first-order valence-electron chi connectivity index (χ1n) is 8.76. The molecule has 1 aromatic carbocycles. The van der Waals surface area contributed by atoms with Crippen molar-refractivity contribution < 1.29 is 19.4 Å². The highest BCUT2D eigenvalue weighted by atomic mass is 16.6. The smallest absolute Gasteiger partial charge is 0.310 e. The van der Waals surface area contributed by atoms with E-state index >= 15 is 0 Å². The van der Waals surface area contributed by atoms with Gasteiger partial charge in [0.2, 0.25) is 5.95 Å². The molecule has 0 radical (unpaired) electrons. The molecular weight excluding hydrogens is 366 g/mol. The summed E-state index contributed by atoms with van der Waals surface area (Å²) >= 11 is 0. The van der Waals surface area contributed by atoms with Gasteiger partial charge in [0.25, 0.3) is 5.56 Å². The zero-order valence-electron chi connectivity index (χ0n) is 14.8. The van der Waals surface area contributed by atoms with E-state index in [4.69, 9.17) is 15.2 Å². The molecule has 0 amide bonds. The maximum Gasteiger partial charge on any atom is 0.310 e. The summed E-state index contributed by atoms with van der Waals surface area (Å²) in [6.45, 7) is -0.0773. The number of aromatic nitrogens is 4. The molecule has 146 valence electrons. The Labute approximate surface area is 158 Å². The molecule has 0 spiro atoms. The second-order valence-electron chi connectivity index (χ2n) is 6.55.